The lowest BCUT2D eigenvalue weighted by Gasteiger charge is -2.49. The van der Waals surface area contributed by atoms with E-state index in [1.807, 2.05) is 78.7 Å². The van der Waals surface area contributed by atoms with Gasteiger partial charge in [0.1, 0.15) is 12.2 Å². The molecule has 1 amide bonds. The molecule has 0 bridgehead atoms. The zero-order chi connectivity index (χ0) is 37.0. The van der Waals surface area contributed by atoms with Crippen LogP contribution in [0.3, 0.4) is 0 Å². The number of aliphatic hydroxyl groups excluding tert-OH is 2. The Morgan fingerprint density at radius 2 is 1.68 bits per heavy atom. The Morgan fingerprint density at radius 1 is 1.00 bits per heavy atom. The Bertz CT molecular complexity index is 1210. The lowest BCUT2D eigenvalue weighted by Crippen LogP contribution is -2.59. The number of nitrogens with one attached hydrogen (secondary N) is 2. The van der Waals surface area contributed by atoms with E-state index in [1.54, 1.807) is 7.11 Å². The molecule has 1 aromatic rings. The first-order valence-corrected chi connectivity index (χ1v) is 18.8. The molecule has 5 N–H and O–H groups in total. The summed E-state index contributed by atoms with van der Waals surface area (Å²) < 4.78 is 25.3. The van der Waals surface area contributed by atoms with E-state index >= 15 is 0 Å². The van der Waals surface area contributed by atoms with Crippen LogP contribution in [0.4, 0.5) is 0 Å². The van der Waals surface area contributed by atoms with Crippen molar-refractivity contribution < 1.29 is 39.1 Å². The summed E-state index contributed by atoms with van der Waals surface area (Å²) in [6, 6.07) is 9.85. The first kappa shape index (κ1) is 41.1. The third kappa shape index (κ3) is 10.0. The van der Waals surface area contributed by atoms with Gasteiger partial charge in [0.25, 0.3) is 0 Å². The van der Waals surface area contributed by atoms with Crippen LogP contribution in [0.2, 0.25) is 0 Å². The predicted octanol–water partition coefficient (Wildman–Crippen LogP) is 3.13. The molecule has 1 aromatic carbocycles. The number of hydrogen-bond acceptors (Lipinski definition) is 10. The molecule has 11 nitrogen and oxygen atoms in total. The van der Waals surface area contributed by atoms with Crippen LogP contribution in [0.15, 0.2) is 30.3 Å². The minimum Gasteiger partial charge on any atom is -0.387 e. The summed E-state index contributed by atoms with van der Waals surface area (Å²) >= 11 is 0. The van der Waals surface area contributed by atoms with Crippen molar-refractivity contribution in [3.8, 4) is 0 Å². The molecule has 50 heavy (non-hydrogen) atoms. The number of carbonyl (C=O) groups excluding carboxylic acids is 1. The molecule has 3 aliphatic heterocycles. The highest BCUT2D eigenvalue weighted by atomic mass is 16.7. The average Bonchev–Trinajstić information content (AvgIpc) is 3.05. The van der Waals surface area contributed by atoms with Crippen molar-refractivity contribution in [1.29, 1.82) is 0 Å². The van der Waals surface area contributed by atoms with E-state index in [0.29, 0.717) is 45.2 Å². The van der Waals surface area contributed by atoms with E-state index in [4.69, 9.17) is 18.9 Å². The number of aliphatic hydroxyl groups is 3. The second-order valence-electron chi connectivity index (χ2n) is 16.5. The van der Waals surface area contributed by atoms with Crippen LogP contribution >= 0.6 is 0 Å². The maximum Gasteiger partial charge on any atom is 0.223 e. The fraction of sp³-hybridized carbons (Fsp3) is 0.821. The molecule has 3 saturated heterocycles. The van der Waals surface area contributed by atoms with Gasteiger partial charge < -0.3 is 49.8 Å². The molecule has 15 atom stereocenters. The van der Waals surface area contributed by atoms with Crippen molar-refractivity contribution in [2.75, 3.05) is 34.3 Å². The van der Waals surface area contributed by atoms with Crippen molar-refractivity contribution in [2.24, 2.45) is 23.7 Å². The SMILES string of the molecule is CO[C@]1(C)C[C@H](C[C@H]2[C@H](C)[C@@H](O[C@@H]3O[C@H](C)C[C@H](N(C)C)[C@H]3O)[C@](C)(O)C[C@@H](C)CNCC(Cc3ccccc3)NC(=O)[C@@H]2C)O[C@@H](C)[C@@H]1O. The Hall–Kier alpha value is -1.67. The Morgan fingerprint density at radius 3 is 2.32 bits per heavy atom. The second-order valence-corrected chi connectivity index (χ2v) is 16.5. The zero-order valence-electron chi connectivity index (χ0n) is 32.2. The first-order valence-electron chi connectivity index (χ1n) is 18.8. The lowest BCUT2D eigenvalue weighted by molar-refractivity contribution is -0.298. The highest BCUT2D eigenvalue weighted by Crippen LogP contribution is 2.42. The van der Waals surface area contributed by atoms with Gasteiger partial charge in [0, 0.05) is 38.1 Å². The summed E-state index contributed by atoms with van der Waals surface area (Å²) in [5.74, 6) is -1.18. The molecule has 3 aliphatic rings. The van der Waals surface area contributed by atoms with E-state index in [1.165, 1.54) is 0 Å². The third-order valence-electron chi connectivity index (χ3n) is 11.8. The van der Waals surface area contributed by atoms with Crippen molar-refractivity contribution >= 4 is 5.91 Å². The molecule has 3 fully saturated rings. The summed E-state index contributed by atoms with van der Waals surface area (Å²) in [6.07, 6.45) is -1.77. The number of hydrogen-bond donors (Lipinski definition) is 5. The number of benzene rings is 1. The Kier molecular flexibility index (Phi) is 14.3. The molecule has 3 heterocycles. The highest BCUT2D eigenvalue weighted by Gasteiger charge is 2.50. The van der Waals surface area contributed by atoms with Gasteiger partial charge in [-0.05, 0) is 97.3 Å². The normalized spacial score (nSPS) is 44.1. The van der Waals surface area contributed by atoms with Crippen LogP contribution in [0, 0.1) is 23.7 Å². The van der Waals surface area contributed by atoms with Crippen LogP contribution in [-0.4, -0.2) is 127 Å². The first-order chi connectivity index (χ1) is 23.5. The predicted molar refractivity (Wildman–Crippen MR) is 193 cm³/mol. The van der Waals surface area contributed by atoms with Gasteiger partial charge in [0.15, 0.2) is 6.29 Å². The smallest absolute Gasteiger partial charge is 0.223 e. The van der Waals surface area contributed by atoms with Crippen LogP contribution in [-0.2, 0) is 30.2 Å². The largest absolute Gasteiger partial charge is 0.387 e. The summed E-state index contributed by atoms with van der Waals surface area (Å²) in [4.78, 5) is 16.3. The van der Waals surface area contributed by atoms with Crippen molar-refractivity contribution in [3.63, 3.8) is 0 Å². The fourth-order valence-electron chi connectivity index (χ4n) is 8.87. The van der Waals surface area contributed by atoms with Gasteiger partial charge in [-0.25, -0.2) is 0 Å². The lowest BCUT2D eigenvalue weighted by atomic mass is 9.70. The van der Waals surface area contributed by atoms with E-state index in [9.17, 15) is 20.1 Å². The van der Waals surface area contributed by atoms with Crippen molar-refractivity contribution in [1.82, 2.24) is 15.5 Å². The number of carbonyl (C=O) groups is 1. The molecule has 0 spiro atoms. The van der Waals surface area contributed by atoms with Gasteiger partial charge in [0.05, 0.1) is 35.6 Å². The van der Waals surface area contributed by atoms with Gasteiger partial charge in [0.2, 0.25) is 5.91 Å². The van der Waals surface area contributed by atoms with Gasteiger partial charge in [-0.1, -0.05) is 51.1 Å². The van der Waals surface area contributed by atoms with E-state index in [0.717, 1.165) is 5.56 Å². The number of nitrogens with zero attached hydrogens (tertiary/aromatic N) is 1. The number of amides is 1. The van der Waals surface area contributed by atoms with Gasteiger partial charge in [-0.3, -0.25) is 4.79 Å². The number of rotatable bonds is 8. The van der Waals surface area contributed by atoms with Crippen molar-refractivity contribution in [2.45, 2.75) is 147 Å². The molecular formula is C39H67N3O8. The summed E-state index contributed by atoms with van der Waals surface area (Å²) in [7, 11) is 5.48. The standard InChI is InChI=1S/C39H67N3O8/c1-23-19-38(6,46)35(50-37-33(43)32(42(8)9)16-24(2)48-37)25(3)31(18-30-20-39(7,47-10)34(44)27(5)49-30)26(4)36(45)41-29(22-40-21-23)17-28-14-12-11-13-15-28/h11-15,23-27,29-35,37,40,43-44,46H,16-22H2,1-10H3,(H,41,45)/t23-,24-,25+,26-,27+,29?,30+,31+,32+,33-,34+,35-,37+,38-,39-/m1/s1. The van der Waals surface area contributed by atoms with Gasteiger partial charge in [-0.15, -0.1) is 0 Å². The summed E-state index contributed by atoms with van der Waals surface area (Å²) in [5.41, 5.74) is -1.01. The van der Waals surface area contributed by atoms with Crippen LogP contribution in [0.25, 0.3) is 0 Å². The van der Waals surface area contributed by atoms with Crippen LogP contribution in [0.5, 0.6) is 0 Å². The molecule has 1 unspecified atom stereocenters. The second kappa shape index (κ2) is 17.4. The van der Waals surface area contributed by atoms with Gasteiger partial charge >= 0.3 is 0 Å². The zero-order valence-corrected chi connectivity index (χ0v) is 32.2. The average molecular weight is 706 g/mol. The van der Waals surface area contributed by atoms with E-state index < -0.39 is 47.8 Å². The summed E-state index contributed by atoms with van der Waals surface area (Å²) in [5, 5.41) is 41.8. The number of methoxy groups -OCH3 is 1. The third-order valence-corrected chi connectivity index (χ3v) is 11.8. The molecule has 4 rings (SSSR count). The van der Waals surface area contributed by atoms with E-state index in [-0.39, 0.29) is 48.0 Å². The molecule has 0 aromatic heterocycles. The quantitative estimate of drug-likeness (QED) is 0.274. The summed E-state index contributed by atoms with van der Waals surface area (Å²) in [6.45, 7) is 14.9. The molecule has 0 aliphatic carbocycles. The van der Waals surface area contributed by atoms with Crippen LogP contribution in [0.1, 0.15) is 79.7 Å². The Labute approximate surface area is 300 Å². The number of ether oxygens (including phenoxy) is 4. The maximum absolute atomic E-state index is 14.3. The van der Waals surface area contributed by atoms with Crippen molar-refractivity contribution in [3.05, 3.63) is 35.9 Å². The molecule has 286 valence electrons. The van der Waals surface area contributed by atoms with Crippen LogP contribution < -0.4 is 10.6 Å². The topological polar surface area (TPSA) is 142 Å². The van der Waals surface area contributed by atoms with E-state index in [2.05, 4.69) is 29.7 Å². The monoisotopic (exact) mass is 705 g/mol. The number of likely N-dealkylation sites (N-methyl/N-ethyl adjacent to an activating group) is 1. The molecule has 0 radical (unpaired) electrons. The highest BCUT2D eigenvalue weighted by molar-refractivity contribution is 5.79. The maximum atomic E-state index is 14.3. The minimum absolute atomic E-state index is 0.0741. The fourth-order valence-corrected chi connectivity index (χ4v) is 8.87. The molecular weight excluding hydrogens is 638 g/mol. The minimum atomic E-state index is -1.33. The molecule has 11 heteroatoms. The molecule has 0 saturated carbocycles. The Balaban J connectivity index is 1.73. The van der Waals surface area contributed by atoms with Gasteiger partial charge in [-0.2, -0.15) is 0 Å².